The highest BCUT2D eigenvalue weighted by molar-refractivity contribution is 5.75. The minimum absolute atomic E-state index is 0.844. The summed E-state index contributed by atoms with van der Waals surface area (Å²) in [6, 6.07) is 0. The molecule has 8 heteroatoms. The monoisotopic (exact) mass is 252 g/mol. The fourth-order valence-electron chi connectivity index (χ4n) is 1.45. The fraction of sp³-hybridized carbons (Fsp3) is 0.778. The first kappa shape index (κ1) is 13.8. The zero-order valence-corrected chi connectivity index (χ0v) is 9.20. The molecule has 0 aromatic carbocycles. The van der Waals surface area contributed by atoms with Crippen molar-refractivity contribution >= 4 is 11.9 Å². The summed E-state index contributed by atoms with van der Waals surface area (Å²) >= 11 is 0. The summed E-state index contributed by atoms with van der Waals surface area (Å²) in [5.74, 6) is -1.87. The maximum Gasteiger partial charge on any atom is 0.337 e. The molecule has 98 valence electrons. The molecule has 0 bridgehead atoms. The van der Waals surface area contributed by atoms with E-state index < -0.39 is 42.7 Å². The van der Waals surface area contributed by atoms with Crippen molar-refractivity contribution in [1.82, 2.24) is 0 Å². The third-order valence-corrected chi connectivity index (χ3v) is 2.27. The van der Waals surface area contributed by atoms with Gasteiger partial charge in [-0.1, -0.05) is 0 Å². The van der Waals surface area contributed by atoms with Crippen LogP contribution >= 0.6 is 0 Å². The van der Waals surface area contributed by atoms with E-state index in [1.165, 1.54) is 0 Å². The van der Waals surface area contributed by atoms with Crippen LogP contribution in [0.5, 0.6) is 0 Å². The van der Waals surface area contributed by atoms with Crippen molar-refractivity contribution in [2.75, 3.05) is 7.11 Å². The molecule has 0 amide bonds. The molecule has 0 saturated carbocycles. The van der Waals surface area contributed by atoms with Gasteiger partial charge in [0.05, 0.1) is 7.11 Å². The molecule has 0 radical (unpaired) electrons. The van der Waals surface area contributed by atoms with Gasteiger partial charge in [0.15, 0.2) is 12.2 Å². The zero-order chi connectivity index (χ0) is 13.2. The van der Waals surface area contributed by atoms with E-state index in [2.05, 4.69) is 14.2 Å². The van der Waals surface area contributed by atoms with Crippen LogP contribution in [0.15, 0.2) is 0 Å². The highest BCUT2D eigenvalue weighted by Crippen LogP contribution is 2.25. The van der Waals surface area contributed by atoms with Crippen molar-refractivity contribution < 1.29 is 38.4 Å². The molecule has 1 fully saturated rings. The van der Waals surface area contributed by atoms with Crippen LogP contribution in [-0.4, -0.2) is 60.0 Å². The highest BCUT2D eigenvalue weighted by Gasteiger charge is 2.49. The van der Waals surface area contributed by atoms with Gasteiger partial charge in [0.2, 0.25) is 6.36 Å². The lowest BCUT2D eigenvalue weighted by Gasteiger charge is -2.37. The van der Waals surface area contributed by atoms with E-state index in [0.717, 1.165) is 14.0 Å². The summed E-state index contributed by atoms with van der Waals surface area (Å²) in [7, 11) is 1.02. The summed E-state index contributed by atoms with van der Waals surface area (Å²) in [4.78, 5) is 21.8. The van der Waals surface area contributed by atoms with Crippen LogP contribution in [0.25, 0.3) is 0 Å². The number of aliphatic hydroxyl groups is 2. The van der Waals surface area contributed by atoms with Gasteiger partial charge in [-0.15, -0.1) is 0 Å². The Morgan fingerprint density at radius 3 is 2.35 bits per heavy atom. The molecule has 5 unspecified atom stereocenters. The van der Waals surface area contributed by atoms with Gasteiger partial charge < -0.3 is 24.4 Å². The molecule has 0 aromatic heterocycles. The number of halogens is 1. The molecule has 7 nitrogen and oxygen atoms in total. The normalized spacial score (nSPS) is 37.4. The second kappa shape index (κ2) is 5.39. The average Bonchev–Trinajstić information content (AvgIpc) is 2.28. The molecule has 1 heterocycles. The number of hydrogen-bond donors (Lipinski definition) is 2. The Morgan fingerprint density at radius 2 is 1.88 bits per heavy atom. The molecule has 1 saturated heterocycles. The zero-order valence-electron chi connectivity index (χ0n) is 9.20. The number of methoxy groups -OCH3 is 1. The molecule has 2 N–H and O–H groups in total. The summed E-state index contributed by atoms with van der Waals surface area (Å²) < 4.78 is 26.6. The molecule has 1 rings (SSSR count). The van der Waals surface area contributed by atoms with Gasteiger partial charge in [0.25, 0.3) is 0 Å². The van der Waals surface area contributed by atoms with Crippen LogP contribution in [0.1, 0.15) is 6.92 Å². The van der Waals surface area contributed by atoms with Gasteiger partial charge in [-0.3, -0.25) is 4.79 Å². The third kappa shape index (κ3) is 2.90. The second-order valence-corrected chi connectivity index (χ2v) is 3.49. The number of alkyl halides is 1. The van der Waals surface area contributed by atoms with Crippen molar-refractivity contribution in [3.05, 3.63) is 0 Å². The van der Waals surface area contributed by atoms with Crippen LogP contribution in [0.3, 0.4) is 0 Å². The van der Waals surface area contributed by atoms with E-state index in [4.69, 9.17) is 0 Å². The molecule has 0 spiro atoms. The van der Waals surface area contributed by atoms with Crippen molar-refractivity contribution in [2.45, 2.75) is 37.7 Å². The standard InChI is InChI=1S/C9H13FO7/c1-3(11)16-6-4(12)5(13)7(9(14)15-2)17-8(6)10/h4-8,12-13H,1-2H3. The maximum atomic E-state index is 13.4. The molecule has 17 heavy (non-hydrogen) atoms. The summed E-state index contributed by atoms with van der Waals surface area (Å²) in [6.45, 7) is 1.01. The number of esters is 2. The number of carbonyl (C=O) groups is 2. The van der Waals surface area contributed by atoms with E-state index in [-0.39, 0.29) is 0 Å². The predicted octanol–water partition coefficient (Wildman–Crippen LogP) is -1.49. The molecule has 0 aromatic rings. The number of aliphatic hydroxyl groups excluding tert-OH is 2. The number of ether oxygens (including phenoxy) is 3. The van der Waals surface area contributed by atoms with E-state index in [0.29, 0.717) is 0 Å². The van der Waals surface area contributed by atoms with Gasteiger partial charge >= 0.3 is 11.9 Å². The first-order chi connectivity index (χ1) is 7.88. The average molecular weight is 252 g/mol. The Balaban J connectivity index is 2.79. The Labute approximate surface area is 96.1 Å². The molecule has 0 aliphatic carbocycles. The lowest BCUT2D eigenvalue weighted by molar-refractivity contribution is -0.263. The van der Waals surface area contributed by atoms with E-state index in [1.54, 1.807) is 0 Å². The van der Waals surface area contributed by atoms with E-state index in [1.807, 2.05) is 0 Å². The number of rotatable bonds is 2. The van der Waals surface area contributed by atoms with Crippen LogP contribution in [0, 0.1) is 0 Å². The van der Waals surface area contributed by atoms with Gasteiger partial charge in [-0.25, -0.2) is 9.18 Å². The summed E-state index contributed by atoms with van der Waals surface area (Å²) in [5.41, 5.74) is 0. The number of hydrogen-bond acceptors (Lipinski definition) is 7. The summed E-state index contributed by atoms with van der Waals surface area (Å²) in [5, 5.41) is 19.0. The molecular weight excluding hydrogens is 239 g/mol. The Bertz CT molecular complexity index is 308. The first-order valence-electron chi connectivity index (χ1n) is 4.79. The largest absolute Gasteiger partial charge is 0.467 e. The maximum absolute atomic E-state index is 13.4. The van der Waals surface area contributed by atoms with Crippen LogP contribution in [0.2, 0.25) is 0 Å². The topological polar surface area (TPSA) is 102 Å². The molecule has 1 aliphatic heterocycles. The van der Waals surface area contributed by atoms with Crippen molar-refractivity contribution in [3.8, 4) is 0 Å². The minimum atomic E-state index is -2.22. The van der Waals surface area contributed by atoms with Crippen molar-refractivity contribution in [3.63, 3.8) is 0 Å². The van der Waals surface area contributed by atoms with Crippen LogP contribution < -0.4 is 0 Å². The fourth-order valence-corrected chi connectivity index (χ4v) is 1.45. The number of carbonyl (C=O) groups excluding carboxylic acids is 2. The van der Waals surface area contributed by atoms with E-state index >= 15 is 0 Å². The SMILES string of the molecule is COC(=O)C1OC(F)C(OC(C)=O)C(O)C1O. The highest BCUT2D eigenvalue weighted by atomic mass is 19.1. The van der Waals surface area contributed by atoms with Gasteiger partial charge in [-0.05, 0) is 0 Å². The lowest BCUT2D eigenvalue weighted by atomic mass is 9.99. The lowest BCUT2D eigenvalue weighted by Crippen LogP contribution is -2.59. The molecular formula is C9H13FO7. The Hall–Kier alpha value is -1.25. The second-order valence-electron chi connectivity index (χ2n) is 3.49. The van der Waals surface area contributed by atoms with Gasteiger partial charge in [0.1, 0.15) is 12.2 Å². The quantitative estimate of drug-likeness (QED) is 0.577. The Kier molecular flexibility index (Phi) is 4.38. The van der Waals surface area contributed by atoms with Gasteiger partial charge in [0, 0.05) is 6.92 Å². The van der Waals surface area contributed by atoms with Crippen LogP contribution in [0.4, 0.5) is 4.39 Å². The van der Waals surface area contributed by atoms with Crippen molar-refractivity contribution in [2.24, 2.45) is 0 Å². The molecule has 5 atom stereocenters. The van der Waals surface area contributed by atoms with E-state index in [9.17, 15) is 24.2 Å². The minimum Gasteiger partial charge on any atom is -0.467 e. The predicted molar refractivity (Wildman–Crippen MR) is 49.4 cm³/mol. The Morgan fingerprint density at radius 1 is 1.29 bits per heavy atom. The van der Waals surface area contributed by atoms with Gasteiger partial charge in [-0.2, -0.15) is 0 Å². The summed E-state index contributed by atoms with van der Waals surface area (Å²) in [6.07, 6.45) is -9.06. The smallest absolute Gasteiger partial charge is 0.337 e. The van der Waals surface area contributed by atoms with Crippen molar-refractivity contribution in [1.29, 1.82) is 0 Å². The molecule has 1 aliphatic rings. The van der Waals surface area contributed by atoms with Crippen LogP contribution in [-0.2, 0) is 23.8 Å². The third-order valence-electron chi connectivity index (χ3n) is 2.27. The first-order valence-corrected chi connectivity index (χ1v) is 4.79.